The van der Waals surface area contributed by atoms with Crippen LogP contribution in [0.25, 0.3) is 11.2 Å². The van der Waals surface area contributed by atoms with E-state index >= 15 is 0 Å². The summed E-state index contributed by atoms with van der Waals surface area (Å²) in [5.41, 5.74) is 3.06. The zero-order valence-electron chi connectivity index (χ0n) is 17.5. The molecule has 0 aliphatic carbocycles. The SMILES string of the molecule is CCOc1ccc(/C=N/Nc2nc3c(c(=O)[nH]c(=O)n3C)n2Cc2ccccc2F)cc1. The zero-order chi connectivity index (χ0) is 22.7. The highest BCUT2D eigenvalue weighted by Crippen LogP contribution is 2.19. The maximum absolute atomic E-state index is 14.3. The highest BCUT2D eigenvalue weighted by molar-refractivity contribution is 5.80. The number of anilines is 1. The number of aryl methyl sites for hydroxylation is 1. The van der Waals surface area contributed by atoms with Crippen LogP contribution in [0.15, 0.2) is 63.2 Å². The van der Waals surface area contributed by atoms with Gasteiger partial charge in [-0.2, -0.15) is 10.1 Å². The van der Waals surface area contributed by atoms with Gasteiger partial charge in [-0.1, -0.05) is 18.2 Å². The molecule has 0 fully saturated rings. The van der Waals surface area contributed by atoms with Crippen molar-refractivity contribution in [2.75, 3.05) is 12.0 Å². The van der Waals surface area contributed by atoms with E-state index in [4.69, 9.17) is 4.74 Å². The summed E-state index contributed by atoms with van der Waals surface area (Å²) in [7, 11) is 1.49. The van der Waals surface area contributed by atoms with Crippen molar-refractivity contribution in [3.05, 3.63) is 86.3 Å². The van der Waals surface area contributed by atoms with Crippen LogP contribution in [-0.4, -0.2) is 31.9 Å². The minimum atomic E-state index is -0.615. The van der Waals surface area contributed by atoms with Crippen LogP contribution in [0.4, 0.5) is 10.3 Å². The molecule has 4 aromatic rings. The minimum Gasteiger partial charge on any atom is -0.494 e. The van der Waals surface area contributed by atoms with E-state index in [0.717, 1.165) is 11.3 Å². The van der Waals surface area contributed by atoms with Gasteiger partial charge in [-0.3, -0.25) is 18.9 Å². The standard InChI is InChI=1S/C22H21FN6O3/c1-3-32-16-10-8-14(9-11-16)12-24-27-21-25-19-18(20(30)26-22(31)28(19)2)29(21)13-15-6-4-5-7-17(15)23/h4-12H,3,13H2,1-2H3,(H,25,27)(H,26,30,31)/b24-12+. The lowest BCUT2D eigenvalue weighted by Crippen LogP contribution is -2.29. The Balaban J connectivity index is 1.72. The molecule has 0 aliphatic heterocycles. The van der Waals surface area contributed by atoms with E-state index in [0.29, 0.717) is 12.2 Å². The molecule has 9 nitrogen and oxygen atoms in total. The molecule has 10 heteroatoms. The molecule has 0 unspecified atom stereocenters. The second kappa shape index (κ2) is 8.88. The van der Waals surface area contributed by atoms with Crippen LogP contribution in [0.3, 0.4) is 0 Å². The summed E-state index contributed by atoms with van der Waals surface area (Å²) in [4.78, 5) is 31.2. The summed E-state index contributed by atoms with van der Waals surface area (Å²) < 4.78 is 22.4. The summed E-state index contributed by atoms with van der Waals surface area (Å²) in [5, 5.41) is 4.20. The number of halogens is 1. The van der Waals surface area contributed by atoms with Crippen LogP contribution in [-0.2, 0) is 13.6 Å². The quantitative estimate of drug-likeness (QED) is 0.342. The number of aromatic amines is 1. The molecule has 32 heavy (non-hydrogen) atoms. The Kier molecular flexibility index (Phi) is 5.84. The normalized spacial score (nSPS) is 11.3. The lowest BCUT2D eigenvalue weighted by molar-refractivity contribution is 0.340. The van der Waals surface area contributed by atoms with E-state index < -0.39 is 17.1 Å². The molecular formula is C22H21FN6O3. The Morgan fingerprint density at radius 2 is 1.94 bits per heavy atom. The first kappa shape index (κ1) is 21.0. The predicted molar refractivity (Wildman–Crippen MR) is 120 cm³/mol. The number of hydrogen-bond acceptors (Lipinski definition) is 6. The van der Waals surface area contributed by atoms with Gasteiger partial charge in [0, 0.05) is 12.6 Å². The highest BCUT2D eigenvalue weighted by atomic mass is 19.1. The van der Waals surface area contributed by atoms with E-state index in [1.165, 1.54) is 22.2 Å². The van der Waals surface area contributed by atoms with Gasteiger partial charge in [-0.15, -0.1) is 0 Å². The fraction of sp³-hybridized carbons (Fsp3) is 0.182. The van der Waals surface area contributed by atoms with Crippen LogP contribution < -0.4 is 21.4 Å². The predicted octanol–water partition coefficient (Wildman–Crippen LogP) is 2.46. The van der Waals surface area contributed by atoms with E-state index in [-0.39, 0.29) is 23.7 Å². The lowest BCUT2D eigenvalue weighted by Gasteiger charge is -2.09. The van der Waals surface area contributed by atoms with Crippen molar-refractivity contribution in [1.29, 1.82) is 0 Å². The Morgan fingerprint density at radius 3 is 2.66 bits per heavy atom. The number of H-pyrrole nitrogens is 1. The maximum Gasteiger partial charge on any atom is 0.329 e. The van der Waals surface area contributed by atoms with Crippen molar-refractivity contribution in [2.45, 2.75) is 13.5 Å². The molecule has 4 rings (SSSR count). The molecule has 2 N–H and O–H groups in total. The van der Waals surface area contributed by atoms with E-state index in [2.05, 4.69) is 20.5 Å². The molecule has 0 atom stereocenters. The third-order valence-electron chi connectivity index (χ3n) is 4.86. The molecule has 0 aliphatic rings. The topological polar surface area (TPSA) is 106 Å². The fourth-order valence-corrected chi connectivity index (χ4v) is 3.25. The fourth-order valence-electron chi connectivity index (χ4n) is 3.25. The van der Waals surface area contributed by atoms with Crippen molar-refractivity contribution < 1.29 is 9.13 Å². The van der Waals surface area contributed by atoms with Crippen LogP contribution in [0.2, 0.25) is 0 Å². The first-order chi connectivity index (χ1) is 15.5. The van der Waals surface area contributed by atoms with Crippen molar-refractivity contribution in [3.63, 3.8) is 0 Å². The number of fused-ring (bicyclic) bond motifs is 1. The Morgan fingerprint density at radius 1 is 1.19 bits per heavy atom. The smallest absolute Gasteiger partial charge is 0.329 e. The zero-order valence-corrected chi connectivity index (χ0v) is 17.5. The van der Waals surface area contributed by atoms with Crippen molar-refractivity contribution >= 4 is 23.3 Å². The second-order valence-corrected chi connectivity index (χ2v) is 6.98. The summed E-state index contributed by atoms with van der Waals surface area (Å²) in [5.74, 6) is 0.529. The Hall–Kier alpha value is -4.21. The van der Waals surface area contributed by atoms with Crippen LogP contribution >= 0.6 is 0 Å². The van der Waals surface area contributed by atoms with Crippen molar-refractivity contribution in [1.82, 2.24) is 19.1 Å². The molecule has 0 radical (unpaired) electrons. The first-order valence-electron chi connectivity index (χ1n) is 9.92. The third kappa shape index (κ3) is 4.15. The van der Waals surface area contributed by atoms with Crippen LogP contribution in [0.1, 0.15) is 18.1 Å². The first-order valence-corrected chi connectivity index (χ1v) is 9.92. The number of nitrogens with one attached hydrogen (secondary N) is 2. The molecule has 0 amide bonds. The molecule has 2 aromatic heterocycles. The van der Waals surface area contributed by atoms with E-state index in [1.807, 2.05) is 31.2 Å². The molecule has 0 saturated heterocycles. The van der Waals surface area contributed by atoms with Crippen molar-refractivity contribution in [2.24, 2.45) is 12.1 Å². The maximum atomic E-state index is 14.3. The van der Waals surface area contributed by atoms with Gasteiger partial charge < -0.3 is 4.74 Å². The monoisotopic (exact) mass is 436 g/mol. The number of benzene rings is 2. The van der Waals surface area contributed by atoms with Gasteiger partial charge in [-0.25, -0.2) is 14.6 Å². The molecule has 2 aromatic carbocycles. The van der Waals surface area contributed by atoms with Crippen LogP contribution in [0, 0.1) is 5.82 Å². The number of imidazole rings is 1. The highest BCUT2D eigenvalue weighted by Gasteiger charge is 2.18. The number of nitrogens with zero attached hydrogens (tertiary/aromatic N) is 4. The second-order valence-electron chi connectivity index (χ2n) is 6.98. The number of hydrazone groups is 1. The van der Waals surface area contributed by atoms with Gasteiger partial charge in [0.15, 0.2) is 11.2 Å². The van der Waals surface area contributed by atoms with Crippen LogP contribution in [0.5, 0.6) is 5.75 Å². The summed E-state index contributed by atoms with van der Waals surface area (Å²) in [6.07, 6.45) is 1.58. The Bertz CT molecular complexity index is 1400. The van der Waals surface area contributed by atoms with Gasteiger partial charge in [0.2, 0.25) is 5.95 Å². The van der Waals surface area contributed by atoms with Gasteiger partial charge in [0.05, 0.1) is 19.4 Å². The summed E-state index contributed by atoms with van der Waals surface area (Å²) in [6, 6.07) is 13.6. The third-order valence-corrected chi connectivity index (χ3v) is 4.86. The van der Waals surface area contributed by atoms with E-state index in [9.17, 15) is 14.0 Å². The molecule has 0 saturated carbocycles. The summed E-state index contributed by atoms with van der Waals surface area (Å²) in [6.45, 7) is 2.51. The lowest BCUT2D eigenvalue weighted by atomic mass is 10.2. The summed E-state index contributed by atoms with van der Waals surface area (Å²) >= 11 is 0. The number of rotatable bonds is 7. The van der Waals surface area contributed by atoms with Gasteiger partial charge >= 0.3 is 5.69 Å². The van der Waals surface area contributed by atoms with Gasteiger partial charge in [-0.05, 0) is 42.8 Å². The van der Waals surface area contributed by atoms with Gasteiger partial charge in [0.1, 0.15) is 11.6 Å². The van der Waals surface area contributed by atoms with Crippen molar-refractivity contribution in [3.8, 4) is 5.75 Å². The molecule has 2 heterocycles. The minimum absolute atomic E-state index is 0.0192. The van der Waals surface area contributed by atoms with E-state index in [1.54, 1.807) is 24.4 Å². The molecular weight excluding hydrogens is 415 g/mol. The molecule has 164 valence electrons. The molecule has 0 bridgehead atoms. The molecule has 0 spiro atoms. The average Bonchev–Trinajstić information content (AvgIpc) is 3.14. The average molecular weight is 436 g/mol. The number of ether oxygens (including phenoxy) is 1. The van der Waals surface area contributed by atoms with Gasteiger partial charge in [0.25, 0.3) is 5.56 Å². The number of hydrogen-bond donors (Lipinski definition) is 2. The largest absolute Gasteiger partial charge is 0.494 e. The number of aromatic nitrogens is 4. The Labute approximate surface area is 181 Å².